The molecule has 7 heteroatoms. The predicted octanol–water partition coefficient (Wildman–Crippen LogP) is 4.28. The molecule has 0 saturated heterocycles. The number of carbonyl (C=O) groups is 2. The van der Waals surface area contributed by atoms with Gasteiger partial charge in [0.1, 0.15) is 11.6 Å². The van der Waals surface area contributed by atoms with Crippen LogP contribution in [0.2, 0.25) is 0 Å². The molecule has 0 spiro atoms. The first-order chi connectivity index (χ1) is 15.1. The molecule has 2 aromatic carbocycles. The number of fused-ring (bicyclic) bond motifs is 1. The van der Waals surface area contributed by atoms with Crippen LogP contribution in [0, 0.1) is 22.7 Å². The quantitative estimate of drug-likeness (QED) is 0.354. The standard InChI is InChI=1S/C24H20N4O3/c1-2-31-24(30)20-9-3-5-10-21(20)27-23(29)17(15-26)14-18-16-28(13-7-12-25)22-11-6-4-8-19(18)22/h3-6,8-11,14,16H,2,7,13H2,1H3,(H,27,29). The van der Waals surface area contributed by atoms with E-state index in [1.54, 1.807) is 31.2 Å². The third-order valence-corrected chi connectivity index (χ3v) is 4.62. The zero-order chi connectivity index (χ0) is 22.2. The molecule has 0 unspecified atom stereocenters. The lowest BCUT2D eigenvalue weighted by molar-refractivity contribution is -0.112. The minimum Gasteiger partial charge on any atom is -0.462 e. The summed E-state index contributed by atoms with van der Waals surface area (Å²) in [4.78, 5) is 24.9. The van der Waals surface area contributed by atoms with E-state index >= 15 is 0 Å². The van der Waals surface area contributed by atoms with Crippen LogP contribution >= 0.6 is 0 Å². The van der Waals surface area contributed by atoms with Crippen molar-refractivity contribution in [2.45, 2.75) is 19.9 Å². The molecular weight excluding hydrogens is 392 g/mol. The molecule has 0 fully saturated rings. The van der Waals surface area contributed by atoms with Gasteiger partial charge >= 0.3 is 5.97 Å². The van der Waals surface area contributed by atoms with Crippen molar-refractivity contribution in [1.29, 1.82) is 10.5 Å². The molecule has 31 heavy (non-hydrogen) atoms. The molecule has 0 radical (unpaired) electrons. The number of aromatic nitrogens is 1. The van der Waals surface area contributed by atoms with Gasteiger partial charge in [0, 0.05) is 29.2 Å². The topological polar surface area (TPSA) is 108 Å². The van der Waals surface area contributed by atoms with Gasteiger partial charge in [0.25, 0.3) is 5.91 Å². The molecule has 1 N–H and O–H groups in total. The number of para-hydroxylation sites is 2. The number of aryl methyl sites for hydroxylation is 1. The maximum Gasteiger partial charge on any atom is 0.340 e. The first-order valence-electron chi connectivity index (χ1n) is 9.73. The Morgan fingerprint density at radius 2 is 1.87 bits per heavy atom. The Morgan fingerprint density at radius 1 is 1.13 bits per heavy atom. The molecule has 0 aliphatic carbocycles. The van der Waals surface area contributed by atoms with Crippen molar-refractivity contribution < 1.29 is 14.3 Å². The first-order valence-corrected chi connectivity index (χ1v) is 9.73. The molecule has 0 aliphatic rings. The fourth-order valence-corrected chi connectivity index (χ4v) is 3.22. The second-order valence-electron chi connectivity index (χ2n) is 6.59. The number of nitriles is 2. The van der Waals surface area contributed by atoms with Gasteiger partial charge in [-0.05, 0) is 31.2 Å². The van der Waals surface area contributed by atoms with Crippen molar-refractivity contribution in [1.82, 2.24) is 4.57 Å². The number of esters is 1. The number of anilines is 1. The van der Waals surface area contributed by atoms with E-state index in [0.717, 1.165) is 10.9 Å². The summed E-state index contributed by atoms with van der Waals surface area (Å²) in [5.74, 6) is -1.19. The number of benzene rings is 2. The molecule has 1 heterocycles. The van der Waals surface area contributed by atoms with Crippen LogP contribution in [0.1, 0.15) is 29.3 Å². The number of hydrogen-bond acceptors (Lipinski definition) is 5. The van der Waals surface area contributed by atoms with Crippen molar-refractivity contribution in [3.63, 3.8) is 0 Å². The van der Waals surface area contributed by atoms with E-state index in [9.17, 15) is 14.9 Å². The maximum absolute atomic E-state index is 12.8. The second kappa shape index (κ2) is 9.91. The van der Waals surface area contributed by atoms with Gasteiger partial charge in [0.05, 0.1) is 30.3 Å². The Balaban J connectivity index is 1.94. The summed E-state index contributed by atoms with van der Waals surface area (Å²) in [6, 6.07) is 18.1. The summed E-state index contributed by atoms with van der Waals surface area (Å²) in [5, 5.41) is 22.0. The zero-order valence-corrected chi connectivity index (χ0v) is 17.0. The van der Waals surface area contributed by atoms with Crippen LogP contribution < -0.4 is 5.32 Å². The van der Waals surface area contributed by atoms with Crippen LogP contribution in [0.25, 0.3) is 17.0 Å². The van der Waals surface area contributed by atoms with Gasteiger partial charge in [-0.3, -0.25) is 4.79 Å². The smallest absolute Gasteiger partial charge is 0.340 e. The highest BCUT2D eigenvalue weighted by Gasteiger charge is 2.17. The highest BCUT2D eigenvalue weighted by molar-refractivity contribution is 6.12. The minimum absolute atomic E-state index is 0.109. The van der Waals surface area contributed by atoms with Crippen LogP contribution in [-0.2, 0) is 16.1 Å². The van der Waals surface area contributed by atoms with Crippen molar-refractivity contribution >= 4 is 34.5 Å². The van der Waals surface area contributed by atoms with E-state index < -0.39 is 11.9 Å². The first kappa shape index (κ1) is 21.4. The summed E-state index contributed by atoms with van der Waals surface area (Å²) in [7, 11) is 0. The van der Waals surface area contributed by atoms with Gasteiger partial charge in [-0.25, -0.2) is 4.79 Å². The van der Waals surface area contributed by atoms with Crippen molar-refractivity contribution in [3.8, 4) is 12.1 Å². The highest BCUT2D eigenvalue weighted by Crippen LogP contribution is 2.24. The zero-order valence-electron chi connectivity index (χ0n) is 17.0. The Morgan fingerprint density at radius 3 is 2.61 bits per heavy atom. The molecule has 0 atom stereocenters. The molecule has 3 rings (SSSR count). The number of hydrogen-bond donors (Lipinski definition) is 1. The molecule has 1 amide bonds. The van der Waals surface area contributed by atoms with Crippen LogP contribution in [-0.4, -0.2) is 23.1 Å². The second-order valence-corrected chi connectivity index (χ2v) is 6.59. The largest absolute Gasteiger partial charge is 0.462 e. The van der Waals surface area contributed by atoms with E-state index in [2.05, 4.69) is 11.4 Å². The fraction of sp³-hybridized carbons (Fsp3) is 0.167. The van der Waals surface area contributed by atoms with Gasteiger partial charge in [-0.15, -0.1) is 0 Å². The summed E-state index contributed by atoms with van der Waals surface area (Å²) in [5.41, 5.74) is 1.97. The van der Waals surface area contributed by atoms with Crippen LogP contribution in [0.15, 0.2) is 60.3 Å². The highest BCUT2D eigenvalue weighted by atomic mass is 16.5. The number of amides is 1. The molecule has 3 aromatic rings. The fourth-order valence-electron chi connectivity index (χ4n) is 3.22. The average Bonchev–Trinajstić information content (AvgIpc) is 3.14. The lowest BCUT2D eigenvalue weighted by Gasteiger charge is -2.09. The summed E-state index contributed by atoms with van der Waals surface area (Å²) < 4.78 is 6.94. The molecule has 1 aromatic heterocycles. The van der Waals surface area contributed by atoms with Gasteiger partial charge in [-0.1, -0.05) is 30.3 Å². The number of rotatable bonds is 7. The third-order valence-electron chi connectivity index (χ3n) is 4.62. The lowest BCUT2D eigenvalue weighted by Crippen LogP contribution is -2.17. The van der Waals surface area contributed by atoms with Gasteiger partial charge in [0.15, 0.2) is 0 Å². The number of nitrogens with one attached hydrogen (secondary N) is 1. The summed E-state index contributed by atoms with van der Waals surface area (Å²) in [6.07, 6.45) is 3.67. The van der Waals surface area contributed by atoms with E-state index in [-0.39, 0.29) is 23.4 Å². The van der Waals surface area contributed by atoms with Crippen molar-refractivity contribution in [3.05, 3.63) is 71.4 Å². The van der Waals surface area contributed by atoms with Gasteiger partial charge in [0.2, 0.25) is 0 Å². The van der Waals surface area contributed by atoms with Gasteiger partial charge < -0.3 is 14.6 Å². The Bertz CT molecular complexity index is 1240. The molecule has 154 valence electrons. The van der Waals surface area contributed by atoms with E-state index in [0.29, 0.717) is 18.5 Å². The van der Waals surface area contributed by atoms with Gasteiger partial charge in [-0.2, -0.15) is 10.5 Å². The maximum atomic E-state index is 12.8. The molecule has 0 saturated carbocycles. The number of nitrogens with zero attached hydrogens (tertiary/aromatic N) is 3. The average molecular weight is 412 g/mol. The Hall–Kier alpha value is -4.36. The van der Waals surface area contributed by atoms with Crippen molar-refractivity contribution in [2.24, 2.45) is 0 Å². The molecule has 7 nitrogen and oxygen atoms in total. The Labute approximate surface area is 179 Å². The molecular formula is C24H20N4O3. The van der Waals surface area contributed by atoms with Crippen molar-refractivity contribution in [2.75, 3.05) is 11.9 Å². The predicted molar refractivity (Wildman–Crippen MR) is 117 cm³/mol. The minimum atomic E-state index is -0.631. The number of carbonyl (C=O) groups excluding carboxylic acids is 2. The molecule has 0 aliphatic heterocycles. The SMILES string of the molecule is CCOC(=O)c1ccccc1NC(=O)C(C#N)=Cc1cn(CCC#N)c2ccccc12. The van der Waals surface area contributed by atoms with E-state index in [1.807, 2.05) is 41.1 Å². The summed E-state index contributed by atoms with van der Waals surface area (Å²) in [6.45, 7) is 2.41. The van der Waals surface area contributed by atoms with Crippen LogP contribution in [0.4, 0.5) is 5.69 Å². The molecule has 0 bridgehead atoms. The van der Waals surface area contributed by atoms with E-state index in [1.165, 1.54) is 6.08 Å². The summed E-state index contributed by atoms with van der Waals surface area (Å²) >= 11 is 0. The Kier molecular flexibility index (Phi) is 6.82. The normalized spacial score (nSPS) is 10.9. The third kappa shape index (κ3) is 4.80. The lowest BCUT2D eigenvalue weighted by atomic mass is 10.1. The van der Waals surface area contributed by atoms with Crippen LogP contribution in [0.5, 0.6) is 0 Å². The number of ether oxygens (including phenoxy) is 1. The van der Waals surface area contributed by atoms with E-state index in [4.69, 9.17) is 10.00 Å². The monoisotopic (exact) mass is 412 g/mol. The van der Waals surface area contributed by atoms with Crippen LogP contribution in [0.3, 0.4) is 0 Å².